The quantitative estimate of drug-likeness (QED) is 0.184. The highest BCUT2D eigenvalue weighted by Gasteiger charge is 2.36. The van der Waals surface area contributed by atoms with E-state index in [0.717, 1.165) is 49.8 Å². The van der Waals surface area contributed by atoms with Gasteiger partial charge < -0.3 is 9.32 Å². The minimum absolute atomic E-state index is 0.127. The van der Waals surface area contributed by atoms with Gasteiger partial charge in [0, 0.05) is 38.3 Å². The molecule has 1 heterocycles. The first-order valence-corrected chi connectivity index (χ1v) is 17.7. The molecule has 0 amide bonds. The monoisotopic (exact) mass is 653 g/mol. The molecule has 0 N–H and O–H groups in total. The summed E-state index contributed by atoms with van der Waals surface area (Å²) >= 11 is 0. The van der Waals surface area contributed by atoms with Crippen molar-refractivity contribution in [2.45, 2.75) is 19.3 Å². The predicted octanol–water partition coefficient (Wildman–Crippen LogP) is 13.8. The summed E-state index contributed by atoms with van der Waals surface area (Å²) in [7, 11) is 0. The summed E-state index contributed by atoms with van der Waals surface area (Å²) in [5.41, 5.74) is 15.1. The van der Waals surface area contributed by atoms with Gasteiger partial charge in [-0.05, 0) is 93.0 Å². The van der Waals surface area contributed by atoms with E-state index in [2.05, 4.69) is 189 Å². The molecule has 0 aliphatic heterocycles. The first-order valence-electron chi connectivity index (χ1n) is 17.7. The number of benzene rings is 8. The molecule has 8 aromatic carbocycles. The molecule has 0 unspecified atom stereocenters. The number of fused-ring (bicyclic) bond motifs is 8. The molecule has 0 saturated carbocycles. The summed E-state index contributed by atoms with van der Waals surface area (Å²) in [6, 6.07) is 63.7. The summed E-state index contributed by atoms with van der Waals surface area (Å²) in [6.07, 6.45) is 0. The minimum Gasteiger partial charge on any atom is -0.455 e. The molecule has 0 fully saturated rings. The lowest BCUT2D eigenvalue weighted by molar-refractivity contribution is 0.660. The van der Waals surface area contributed by atoms with Gasteiger partial charge in [-0.1, -0.05) is 141 Å². The number of nitrogens with zero attached hydrogens (tertiary/aromatic N) is 1. The van der Waals surface area contributed by atoms with Crippen LogP contribution in [0.1, 0.15) is 25.0 Å². The minimum atomic E-state index is -0.127. The second-order valence-electron chi connectivity index (χ2n) is 14.1. The maximum Gasteiger partial charge on any atom is 0.143 e. The predicted molar refractivity (Wildman–Crippen MR) is 214 cm³/mol. The molecule has 2 nitrogen and oxygen atoms in total. The molecular weight excluding hydrogens is 619 g/mol. The van der Waals surface area contributed by atoms with Crippen LogP contribution < -0.4 is 4.90 Å². The molecule has 51 heavy (non-hydrogen) atoms. The molecular formula is C49H35NO. The summed E-state index contributed by atoms with van der Waals surface area (Å²) in [6.45, 7) is 4.71. The van der Waals surface area contributed by atoms with Crippen LogP contribution in [-0.4, -0.2) is 0 Å². The SMILES string of the molecule is CC1(C)c2ccccc2-c2ccc(N(c3ccc(-c4ccccc4)cc3)c3cc4c5ccccc5oc4c4ccc(-c5ccccc5)cc34)cc21. The second kappa shape index (κ2) is 11.3. The van der Waals surface area contributed by atoms with Crippen molar-refractivity contribution in [2.75, 3.05) is 4.90 Å². The Kier molecular flexibility index (Phi) is 6.56. The summed E-state index contributed by atoms with van der Waals surface area (Å²) in [5, 5.41) is 4.46. The molecule has 9 aromatic rings. The number of para-hydroxylation sites is 1. The van der Waals surface area contributed by atoms with E-state index in [-0.39, 0.29) is 5.41 Å². The fourth-order valence-corrected chi connectivity index (χ4v) is 8.26. The van der Waals surface area contributed by atoms with Crippen molar-refractivity contribution >= 4 is 49.8 Å². The largest absolute Gasteiger partial charge is 0.455 e. The van der Waals surface area contributed by atoms with Gasteiger partial charge in [0.05, 0.1) is 5.69 Å². The third kappa shape index (κ3) is 4.64. The van der Waals surface area contributed by atoms with Crippen LogP contribution in [0, 0.1) is 0 Å². The van der Waals surface area contributed by atoms with E-state index in [1.54, 1.807) is 0 Å². The van der Waals surface area contributed by atoms with Crippen molar-refractivity contribution in [3.8, 4) is 33.4 Å². The Morgan fingerprint density at radius 2 is 1.02 bits per heavy atom. The summed E-state index contributed by atoms with van der Waals surface area (Å²) in [4.78, 5) is 2.45. The third-order valence-corrected chi connectivity index (χ3v) is 10.9. The van der Waals surface area contributed by atoms with E-state index in [4.69, 9.17) is 4.42 Å². The number of hydrogen-bond donors (Lipinski definition) is 0. The Labute approximate surface area is 297 Å². The van der Waals surface area contributed by atoms with Crippen molar-refractivity contribution in [3.63, 3.8) is 0 Å². The van der Waals surface area contributed by atoms with Gasteiger partial charge in [0.15, 0.2) is 0 Å². The standard InChI is InChI=1S/C49H35NO/c1-49(2)44-19-11-9-17-38(44)39-28-26-37(30-45(39)49)50(36-24-21-34(22-25-36)32-13-5-3-6-14-32)46-31-43-40-18-10-12-20-47(40)51-48(43)41-27-23-35(29-42(41)46)33-15-7-4-8-16-33/h3-31H,1-2H3. The molecule has 1 aliphatic carbocycles. The Hall–Kier alpha value is -6.38. The van der Waals surface area contributed by atoms with Crippen molar-refractivity contribution in [3.05, 3.63) is 187 Å². The first-order chi connectivity index (χ1) is 25.0. The van der Waals surface area contributed by atoms with Gasteiger partial charge in [0.25, 0.3) is 0 Å². The van der Waals surface area contributed by atoms with Crippen LogP contribution in [0.3, 0.4) is 0 Å². The second-order valence-corrected chi connectivity index (χ2v) is 14.1. The van der Waals surface area contributed by atoms with Gasteiger partial charge in [-0.15, -0.1) is 0 Å². The summed E-state index contributed by atoms with van der Waals surface area (Å²) < 4.78 is 6.63. The zero-order valence-electron chi connectivity index (χ0n) is 28.6. The first kappa shape index (κ1) is 29.5. The fraction of sp³-hybridized carbons (Fsp3) is 0.0612. The highest BCUT2D eigenvalue weighted by Crippen LogP contribution is 2.52. The highest BCUT2D eigenvalue weighted by molar-refractivity contribution is 6.20. The molecule has 10 rings (SSSR count). The van der Waals surface area contributed by atoms with Crippen molar-refractivity contribution < 1.29 is 4.42 Å². The van der Waals surface area contributed by atoms with Gasteiger partial charge in [-0.2, -0.15) is 0 Å². The Morgan fingerprint density at radius 1 is 0.412 bits per heavy atom. The fourth-order valence-electron chi connectivity index (χ4n) is 8.26. The molecule has 0 spiro atoms. The van der Waals surface area contributed by atoms with Crippen molar-refractivity contribution in [2.24, 2.45) is 0 Å². The normalized spacial score (nSPS) is 13.1. The average molecular weight is 654 g/mol. The van der Waals surface area contributed by atoms with Crippen LogP contribution >= 0.6 is 0 Å². The molecule has 0 saturated heterocycles. The van der Waals surface area contributed by atoms with Crippen LogP contribution in [0.15, 0.2) is 180 Å². The highest BCUT2D eigenvalue weighted by atomic mass is 16.3. The molecule has 1 aromatic heterocycles. The zero-order chi connectivity index (χ0) is 34.1. The Balaban J connectivity index is 1.26. The Morgan fingerprint density at radius 3 is 1.80 bits per heavy atom. The van der Waals surface area contributed by atoms with Gasteiger partial charge in [0.1, 0.15) is 11.2 Å². The lowest BCUT2D eigenvalue weighted by atomic mass is 9.82. The molecule has 2 heteroatoms. The van der Waals surface area contributed by atoms with E-state index in [9.17, 15) is 0 Å². The van der Waals surface area contributed by atoms with E-state index < -0.39 is 0 Å². The molecule has 0 bridgehead atoms. The van der Waals surface area contributed by atoms with Gasteiger partial charge in [0.2, 0.25) is 0 Å². The molecule has 0 radical (unpaired) electrons. The average Bonchev–Trinajstić information content (AvgIpc) is 3.68. The smallest absolute Gasteiger partial charge is 0.143 e. The Bertz CT molecular complexity index is 2760. The number of furan rings is 1. The van der Waals surface area contributed by atoms with Crippen LogP contribution in [-0.2, 0) is 5.41 Å². The molecule has 0 atom stereocenters. The summed E-state index contributed by atoms with van der Waals surface area (Å²) in [5.74, 6) is 0. The van der Waals surface area contributed by atoms with Crippen LogP contribution in [0.5, 0.6) is 0 Å². The van der Waals surface area contributed by atoms with E-state index in [1.807, 2.05) is 6.07 Å². The number of rotatable bonds is 5. The maximum absolute atomic E-state index is 6.63. The molecule has 1 aliphatic rings. The van der Waals surface area contributed by atoms with Crippen LogP contribution in [0.4, 0.5) is 17.1 Å². The number of anilines is 3. The van der Waals surface area contributed by atoms with E-state index in [0.29, 0.717) is 0 Å². The molecule has 242 valence electrons. The van der Waals surface area contributed by atoms with Crippen LogP contribution in [0.25, 0.3) is 66.1 Å². The lowest BCUT2D eigenvalue weighted by Gasteiger charge is -2.29. The third-order valence-electron chi connectivity index (χ3n) is 10.9. The van der Waals surface area contributed by atoms with E-state index >= 15 is 0 Å². The van der Waals surface area contributed by atoms with Gasteiger partial charge >= 0.3 is 0 Å². The van der Waals surface area contributed by atoms with Crippen LogP contribution in [0.2, 0.25) is 0 Å². The van der Waals surface area contributed by atoms with Crippen molar-refractivity contribution in [1.82, 2.24) is 0 Å². The lowest BCUT2D eigenvalue weighted by Crippen LogP contribution is -2.16. The van der Waals surface area contributed by atoms with E-state index in [1.165, 1.54) is 44.5 Å². The van der Waals surface area contributed by atoms with Crippen molar-refractivity contribution in [1.29, 1.82) is 0 Å². The van der Waals surface area contributed by atoms with Gasteiger partial charge in [-0.25, -0.2) is 0 Å². The maximum atomic E-state index is 6.63. The zero-order valence-corrected chi connectivity index (χ0v) is 28.6. The number of hydrogen-bond acceptors (Lipinski definition) is 2. The van der Waals surface area contributed by atoms with Gasteiger partial charge in [-0.3, -0.25) is 0 Å². The topological polar surface area (TPSA) is 16.4 Å².